The number of fused-ring (bicyclic) bond motifs is 2. The highest BCUT2D eigenvalue weighted by Crippen LogP contribution is 2.18. The first kappa shape index (κ1) is 17.6. The topological polar surface area (TPSA) is 79.2 Å². The van der Waals surface area contributed by atoms with E-state index in [1.54, 1.807) is 0 Å². The van der Waals surface area contributed by atoms with Crippen molar-refractivity contribution in [2.75, 3.05) is 6.54 Å². The van der Waals surface area contributed by atoms with Crippen molar-refractivity contribution in [2.24, 2.45) is 0 Å². The van der Waals surface area contributed by atoms with Crippen LogP contribution in [0.5, 0.6) is 0 Å². The van der Waals surface area contributed by atoms with E-state index >= 15 is 0 Å². The second-order valence-electron chi connectivity index (χ2n) is 6.88. The monoisotopic (exact) mass is 369 g/mol. The number of nitrogens with one attached hydrogen (secondary N) is 1. The van der Waals surface area contributed by atoms with Crippen molar-refractivity contribution >= 4 is 11.0 Å². The van der Waals surface area contributed by atoms with Crippen molar-refractivity contribution in [1.29, 1.82) is 0 Å². The third-order valence-corrected chi connectivity index (χ3v) is 4.88. The molecule has 6 nitrogen and oxygen atoms in total. The second-order valence-corrected chi connectivity index (χ2v) is 6.88. The van der Waals surface area contributed by atoms with Crippen LogP contribution in [0.2, 0.25) is 0 Å². The minimum atomic E-state index is -0.473. The van der Waals surface area contributed by atoms with Crippen molar-refractivity contribution in [3.63, 3.8) is 0 Å². The number of aromatic amines is 1. The standard InChI is InChI=1S/C20H20FN3O3/c1-2-3-18-22-16-6-7-24(10-15(16)20(26)23-18)9-12-11-27-17-5-4-13(21)8-14(17)19(12)25/h4-5,8,11H,2-3,6-7,9-10H2,1H3,(H,22,23,26). The highest BCUT2D eigenvalue weighted by Gasteiger charge is 2.22. The average molecular weight is 369 g/mol. The number of hydrogen-bond donors (Lipinski definition) is 1. The van der Waals surface area contributed by atoms with Crippen molar-refractivity contribution < 1.29 is 8.81 Å². The van der Waals surface area contributed by atoms with Crippen molar-refractivity contribution in [1.82, 2.24) is 14.9 Å². The molecule has 0 fully saturated rings. The Kier molecular flexibility index (Phi) is 4.61. The first-order chi connectivity index (χ1) is 13.0. The molecule has 3 aromatic rings. The molecule has 0 spiro atoms. The molecule has 1 N–H and O–H groups in total. The minimum absolute atomic E-state index is 0.110. The van der Waals surface area contributed by atoms with Crippen LogP contribution in [-0.2, 0) is 25.9 Å². The molecule has 0 saturated carbocycles. The summed E-state index contributed by atoms with van der Waals surface area (Å²) in [6.07, 6.45) is 3.75. The van der Waals surface area contributed by atoms with E-state index in [9.17, 15) is 14.0 Å². The van der Waals surface area contributed by atoms with Crippen LogP contribution in [0.15, 0.2) is 38.5 Å². The zero-order chi connectivity index (χ0) is 19.0. The molecule has 7 heteroatoms. The molecule has 0 amide bonds. The maximum atomic E-state index is 13.5. The van der Waals surface area contributed by atoms with Crippen LogP contribution in [0.25, 0.3) is 11.0 Å². The molecule has 0 radical (unpaired) electrons. The molecule has 140 valence electrons. The molecule has 1 aliphatic heterocycles. The molecule has 4 rings (SSSR count). The van der Waals surface area contributed by atoms with Crippen molar-refractivity contribution in [3.05, 3.63) is 73.5 Å². The summed E-state index contributed by atoms with van der Waals surface area (Å²) in [6, 6.07) is 3.91. The van der Waals surface area contributed by atoms with Gasteiger partial charge in [0.1, 0.15) is 17.2 Å². The van der Waals surface area contributed by atoms with Crippen LogP contribution < -0.4 is 11.0 Å². The van der Waals surface area contributed by atoms with Gasteiger partial charge < -0.3 is 9.40 Å². The molecular weight excluding hydrogens is 349 g/mol. The zero-order valence-electron chi connectivity index (χ0n) is 15.0. The summed E-state index contributed by atoms with van der Waals surface area (Å²) in [5, 5.41) is 0.230. The van der Waals surface area contributed by atoms with Gasteiger partial charge in [-0.1, -0.05) is 6.92 Å². The van der Waals surface area contributed by atoms with E-state index < -0.39 is 5.82 Å². The summed E-state index contributed by atoms with van der Waals surface area (Å²) in [7, 11) is 0. The quantitative estimate of drug-likeness (QED) is 0.765. The summed E-state index contributed by atoms with van der Waals surface area (Å²) in [4.78, 5) is 34.5. The zero-order valence-corrected chi connectivity index (χ0v) is 15.0. The fourth-order valence-corrected chi connectivity index (χ4v) is 3.52. The van der Waals surface area contributed by atoms with Gasteiger partial charge in [0.05, 0.1) is 22.9 Å². The van der Waals surface area contributed by atoms with E-state index in [-0.39, 0.29) is 16.4 Å². The summed E-state index contributed by atoms with van der Waals surface area (Å²) in [6.45, 7) is 3.49. The van der Waals surface area contributed by atoms with Crippen molar-refractivity contribution in [2.45, 2.75) is 39.3 Å². The third-order valence-electron chi connectivity index (χ3n) is 4.88. The van der Waals surface area contributed by atoms with Gasteiger partial charge in [-0.05, 0) is 24.6 Å². The summed E-state index contributed by atoms with van der Waals surface area (Å²) >= 11 is 0. The molecule has 2 aromatic heterocycles. The van der Waals surface area contributed by atoms with E-state index in [2.05, 4.69) is 9.97 Å². The average Bonchev–Trinajstić information content (AvgIpc) is 2.65. The van der Waals surface area contributed by atoms with Crippen LogP contribution in [-0.4, -0.2) is 21.4 Å². The fraction of sp³-hybridized carbons (Fsp3) is 0.350. The van der Waals surface area contributed by atoms with Gasteiger partial charge in [0, 0.05) is 38.0 Å². The number of benzene rings is 1. The van der Waals surface area contributed by atoms with Gasteiger partial charge >= 0.3 is 0 Å². The lowest BCUT2D eigenvalue weighted by molar-refractivity contribution is 0.239. The van der Waals surface area contributed by atoms with Crippen LogP contribution in [0.4, 0.5) is 4.39 Å². The van der Waals surface area contributed by atoms with E-state index in [0.29, 0.717) is 42.8 Å². The number of aromatic nitrogens is 2. The van der Waals surface area contributed by atoms with Crippen LogP contribution in [0.1, 0.15) is 36.0 Å². The normalized spacial score (nSPS) is 14.4. The number of H-pyrrole nitrogens is 1. The maximum absolute atomic E-state index is 13.5. The number of nitrogens with zero attached hydrogens (tertiary/aromatic N) is 2. The van der Waals surface area contributed by atoms with Gasteiger partial charge in [0.25, 0.3) is 5.56 Å². The van der Waals surface area contributed by atoms with E-state index in [1.807, 2.05) is 11.8 Å². The van der Waals surface area contributed by atoms with Crippen LogP contribution in [0.3, 0.4) is 0 Å². The number of aryl methyl sites for hydroxylation is 1. The highest BCUT2D eigenvalue weighted by atomic mass is 19.1. The Morgan fingerprint density at radius 1 is 1.33 bits per heavy atom. The van der Waals surface area contributed by atoms with Gasteiger partial charge in [-0.3, -0.25) is 14.5 Å². The fourth-order valence-electron chi connectivity index (χ4n) is 3.52. The van der Waals surface area contributed by atoms with Crippen LogP contribution >= 0.6 is 0 Å². The Morgan fingerprint density at radius 2 is 2.19 bits per heavy atom. The Morgan fingerprint density at radius 3 is 3.00 bits per heavy atom. The SMILES string of the molecule is CCCc1nc2c(c(=O)[nH]1)CN(Cc1coc3ccc(F)cc3c1=O)CC2. The number of hydrogen-bond acceptors (Lipinski definition) is 5. The lowest BCUT2D eigenvalue weighted by Crippen LogP contribution is -2.36. The maximum Gasteiger partial charge on any atom is 0.255 e. The number of rotatable bonds is 4. The number of halogens is 1. The van der Waals surface area contributed by atoms with Gasteiger partial charge in [-0.15, -0.1) is 0 Å². The minimum Gasteiger partial charge on any atom is -0.464 e. The molecule has 3 heterocycles. The smallest absolute Gasteiger partial charge is 0.255 e. The van der Waals surface area contributed by atoms with E-state index in [4.69, 9.17) is 4.42 Å². The lowest BCUT2D eigenvalue weighted by atomic mass is 10.1. The van der Waals surface area contributed by atoms with Gasteiger partial charge in [-0.2, -0.15) is 0 Å². The molecule has 1 aliphatic rings. The van der Waals surface area contributed by atoms with Crippen LogP contribution in [0, 0.1) is 5.82 Å². The van der Waals surface area contributed by atoms with Gasteiger partial charge in [0.15, 0.2) is 5.43 Å². The Hall–Kier alpha value is -2.80. The Balaban J connectivity index is 1.60. The molecule has 0 bridgehead atoms. The van der Waals surface area contributed by atoms with E-state index in [0.717, 1.165) is 24.4 Å². The van der Waals surface area contributed by atoms with Gasteiger partial charge in [0.2, 0.25) is 0 Å². The largest absolute Gasteiger partial charge is 0.464 e. The Labute approximate surface area is 154 Å². The summed E-state index contributed by atoms with van der Waals surface area (Å²) in [5.74, 6) is 0.256. The third kappa shape index (κ3) is 3.42. The van der Waals surface area contributed by atoms with Crippen molar-refractivity contribution in [3.8, 4) is 0 Å². The summed E-state index contributed by atoms with van der Waals surface area (Å²) < 4.78 is 19.0. The predicted octanol–water partition coefficient (Wildman–Crippen LogP) is 2.53. The van der Waals surface area contributed by atoms with E-state index in [1.165, 1.54) is 24.5 Å². The highest BCUT2D eigenvalue weighted by molar-refractivity contribution is 5.76. The molecule has 1 aromatic carbocycles. The second kappa shape index (κ2) is 7.08. The Bertz CT molecular complexity index is 1120. The lowest BCUT2D eigenvalue weighted by Gasteiger charge is -2.27. The first-order valence-electron chi connectivity index (χ1n) is 9.08. The molecule has 0 saturated heterocycles. The molecule has 0 atom stereocenters. The molecular formula is C20H20FN3O3. The summed E-state index contributed by atoms with van der Waals surface area (Å²) in [5.41, 5.74) is 1.94. The molecule has 0 unspecified atom stereocenters. The molecule has 0 aliphatic carbocycles. The molecule has 27 heavy (non-hydrogen) atoms. The predicted molar refractivity (Wildman–Crippen MR) is 99.1 cm³/mol. The van der Waals surface area contributed by atoms with Gasteiger partial charge in [-0.25, -0.2) is 9.37 Å². The first-order valence-corrected chi connectivity index (χ1v) is 9.08.